The molecule has 0 unspecified atom stereocenters. The Labute approximate surface area is 110 Å². The average Bonchev–Trinajstić information content (AvgIpc) is 2.94. The van der Waals surface area contributed by atoms with Crippen molar-refractivity contribution in [2.75, 3.05) is 20.7 Å². The number of hydrogen-bond acceptors (Lipinski definition) is 3. The maximum atomic E-state index is 6.16. The largest absolute Gasteiger partial charge is 0.496 e. The summed E-state index contributed by atoms with van der Waals surface area (Å²) in [7, 11) is 3.87. The lowest BCUT2D eigenvalue weighted by atomic mass is 10.0. The first-order valence-corrected chi connectivity index (χ1v) is 6.55. The normalized spacial score (nSPS) is 17.0. The summed E-state index contributed by atoms with van der Waals surface area (Å²) in [6, 6.07) is 4.37. The lowest BCUT2D eigenvalue weighted by Crippen LogP contribution is -2.36. The van der Waals surface area contributed by atoms with Gasteiger partial charge in [-0.2, -0.15) is 0 Å². The van der Waals surface area contributed by atoms with Gasteiger partial charge in [0.25, 0.3) is 0 Å². The van der Waals surface area contributed by atoms with E-state index in [1.54, 1.807) is 7.11 Å². The molecule has 3 heteroatoms. The van der Waals surface area contributed by atoms with Gasteiger partial charge in [-0.25, -0.2) is 0 Å². The molecule has 1 aromatic rings. The third kappa shape index (κ3) is 3.03. The molecule has 1 fully saturated rings. The van der Waals surface area contributed by atoms with Crippen LogP contribution in [-0.4, -0.2) is 31.1 Å². The molecule has 0 aromatic heterocycles. The number of nitrogens with zero attached hydrogens (tertiary/aromatic N) is 1. The van der Waals surface area contributed by atoms with E-state index in [0.29, 0.717) is 0 Å². The van der Waals surface area contributed by atoms with Crippen LogP contribution in [0.4, 0.5) is 0 Å². The third-order valence-corrected chi connectivity index (χ3v) is 3.62. The molecule has 0 amide bonds. The maximum absolute atomic E-state index is 6.16. The van der Waals surface area contributed by atoms with Crippen LogP contribution in [0, 0.1) is 13.8 Å². The number of methoxy groups -OCH3 is 1. The summed E-state index contributed by atoms with van der Waals surface area (Å²) in [6.07, 6.45) is 2.31. The van der Waals surface area contributed by atoms with Gasteiger partial charge in [-0.3, -0.25) is 0 Å². The van der Waals surface area contributed by atoms with E-state index in [0.717, 1.165) is 31.7 Å². The molecular formula is C15H24N2O. The van der Waals surface area contributed by atoms with Gasteiger partial charge in [0.05, 0.1) is 7.11 Å². The summed E-state index contributed by atoms with van der Waals surface area (Å²) in [5.41, 5.74) is 9.97. The Balaban J connectivity index is 2.12. The molecule has 0 aliphatic heterocycles. The smallest absolute Gasteiger partial charge is 0.126 e. The van der Waals surface area contributed by atoms with Crippen LogP contribution in [0.1, 0.15) is 29.5 Å². The first-order valence-electron chi connectivity index (χ1n) is 6.55. The average molecular weight is 248 g/mol. The molecule has 1 aromatic carbocycles. The molecule has 100 valence electrons. The Bertz CT molecular complexity index is 438. The van der Waals surface area contributed by atoms with Crippen molar-refractivity contribution >= 4 is 0 Å². The quantitative estimate of drug-likeness (QED) is 0.868. The maximum Gasteiger partial charge on any atom is 0.126 e. The van der Waals surface area contributed by atoms with Crippen LogP contribution in [0.2, 0.25) is 0 Å². The number of likely N-dealkylation sites (N-methyl/N-ethyl adjacent to an activating group) is 1. The second-order valence-electron chi connectivity index (χ2n) is 5.81. The number of nitrogens with two attached hydrogens (primary N) is 1. The minimum Gasteiger partial charge on any atom is -0.496 e. The van der Waals surface area contributed by atoms with Gasteiger partial charge in [0, 0.05) is 24.2 Å². The summed E-state index contributed by atoms with van der Waals surface area (Å²) in [6.45, 7) is 6.08. The van der Waals surface area contributed by atoms with Gasteiger partial charge >= 0.3 is 0 Å². The molecule has 1 aliphatic carbocycles. The van der Waals surface area contributed by atoms with E-state index in [1.165, 1.54) is 16.7 Å². The van der Waals surface area contributed by atoms with Gasteiger partial charge in [-0.15, -0.1) is 0 Å². The number of hydrogen-bond donors (Lipinski definition) is 1. The SMILES string of the molecule is COc1c(C)cc(C)cc1CN(C)CC1(N)CC1. The van der Waals surface area contributed by atoms with Crippen molar-refractivity contribution in [3.8, 4) is 5.75 Å². The van der Waals surface area contributed by atoms with E-state index in [-0.39, 0.29) is 5.54 Å². The Morgan fingerprint density at radius 2 is 2.00 bits per heavy atom. The summed E-state index contributed by atoms with van der Waals surface area (Å²) in [4.78, 5) is 2.30. The van der Waals surface area contributed by atoms with Crippen molar-refractivity contribution in [2.24, 2.45) is 5.73 Å². The van der Waals surface area contributed by atoms with Gasteiger partial charge < -0.3 is 15.4 Å². The van der Waals surface area contributed by atoms with Crippen LogP contribution in [0.25, 0.3) is 0 Å². The topological polar surface area (TPSA) is 38.5 Å². The van der Waals surface area contributed by atoms with E-state index in [1.807, 2.05) is 0 Å². The highest BCUT2D eigenvalue weighted by Crippen LogP contribution is 2.33. The van der Waals surface area contributed by atoms with Gasteiger partial charge in [-0.1, -0.05) is 17.7 Å². The van der Waals surface area contributed by atoms with E-state index in [2.05, 4.69) is 37.9 Å². The highest BCUT2D eigenvalue weighted by atomic mass is 16.5. The first kappa shape index (κ1) is 13.4. The van der Waals surface area contributed by atoms with Crippen LogP contribution in [-0.2, 0) is 6.54 Å². The molecule has 1 saturated carbocycles. The zero-order valence-electron chi connectivity index (χ0n) is 11.9. The van der Waals surface area contributed by atoms with E-state index >= 15 is 0 Å². The van der Waals surface area contributed by atoms with Crippen molar-refractivity contribution in [1.82, 2.24) is 4.90 Å². The minimum absolute atomic E-state index is 0.0703. The molecule has 0 saturated heterocycles. The number of benzene rings is 1. The van der Waals surface area contributed by atoms with E-state index < -0.39 is 0 Å². The van der Waals surface area contributed by atoms with Crippen molar-refractivity contribution in [2.45, 2.75) is 38.8 Å². The number of aryl methyl sites for hydroxylation is 2. The van der Waals surface area contributed by atoms with Crippen LogP contribution in [0.5, 0.6) is 5.75 Å². The van der Waals surface area contributed by atoms with Crippen molar-refractivity contribution < 1.29 is 4.74 Å². The fourth-order valence-electron chi connectivity index (χ4n) is 2.65. The second-order valence-corrected chi connectivity index (χ2v) is 5.81. The lowest BCUT2D eigenvalue weighted by Gasteiger charge is -2.22. The van der Waals surface area contributed by atoms with Crippen LogP contribution in [0.15, 0.2) is 12.1 Å². The fraction of sp³-hybridized carbons (Fsp3) is 0.600. The number of rotatable bonds is 5. The van der Waals surface area contributed by atoms with Gasteiger partial charge in [0.2, 0.25) is 0 Å². The zero-order chi connectivity index (χ0) is 13.3. The van der Waals surface area contributed by atoms with E-state index in [4.69, 9.17) is 10.5 Å². The molecule has 2 N–H and O–H groups in total. The molecule has 0 bridgehead atoms. The molecule has 2 rings (SSSR count). The fourth-order valence-corrected chi connectivity index (χ4v) is 2.65. The minimum atomic E-state index is 0.0703. The molecule has 0 spiro atoms. The lowest BCUT2D eigenvalue weighted by molar-refractivity contribution is 0.289. The molecule has 1 aliphatic rings. The van der Waals surface area contributed by atoms with Crippen molar-refractivity contribution in [1.29, 1.82) is 0 Å². The predicted molar refractivity (Wildman–Crippen MR) is 75.0 cm³/mol. The highest BCUT2D eigenvalue weighted by Gasteiger charge is 2.38. The molecule has 0 atom stereocenters. The van der Waals surface area contributed by atoms with Crippen LogP contribution in [0.3, 0.4) is 0 Å². The number of ether oxygens (including phenoxy) is 1. The third-order valence-electron chi connectivity index (χ3n) is 3.62. The Morgan fingerprint density at radius 3 is 2.56 bits per heavy atom. The Morgan fingerprint density at radius 1 is 1.33 bits per heavy atom. The summed E-state index contributed by atoms with van der Waals surface area (Å²) in [5.74, 6) is 1.01. The first-order chi connectivity index (χ1) is 8.43. The van der Waals surface area contributed by atoms with E-state index in [9.17, 15) is 0 Å². The van der Waals surface area contributed by atoms with Crippen molar-refractivity contribution in [3.63, 3.8) is 0 Å². The molecular weight excluding hydrogens is 224 g/mol. The summed E-state index contributed by atoms with van der Waals surface area (Å²) in [5, 5.41) is 0. The molecule has 3 nitrogen and oxygen atoms in total. The second kappa shape index (κ2) is 4.90. The highest BCUT2D eigenvalue weighted by molar-refractivity contribution is 5.43. The zero-order valence-corrected chi connectivity index (χ0v) is 11.9. The van der Waals surface area contributed by atoms with Crippen LogP contribution >= 0.6 is 0 Å². The van der Waals surface area contributed by atoms with Gasteiger partial charge in [-0.05, 0) is 39.3 Å². The summed E-state index contributed by atoms with van der Waals surface area (Å²) < 4.78 is 5.52. The molecule has 18 heavy (non-hydrogen) atoms. The van der Waals surface area contributed by atoms with Crippen molar-refractivity contribution in [3.05, 3.63) is 28.8 Å². The Hall–Kier alpha value is -1.06. The van der Waals surface area contributed by atoms with Crippen LogP contribution < -0.4 is 10.5 Å². The molecule has 0 radical (unpaired) electrons. The standard InChI is InChI=1S/C15H24N2O/c1-11-7-12(2)14(18-4)13(8-11)9-17(3)10-15(16)5-6-15/h7-8H,5-6,9-10,16H2,1-4H3. The van der Waals surface area contributed by atoms with Gasteiger partial charge in [0.15, 0.2) is 0 Å². The Kier molecular flexibility index (Phi) is 3.64. The van der Waals surface area contributed by atoms with Gasteiger partial charge in [0.1, 0.15) is 5.75 Å². The monoisotopic (exact) mass is 248 g/mol. The predicted octanol–water partition coefficient (Wildman–Crippen LogP) is 2.24. The molecule has 0 heterocycles. The summed E-state index contributed by atoms with van der Waals surface area (Å²) >= 11 is 0.